The summed E-state index contributed by atoms with van der Waals surface area (Å²) < 4.78 is 0. The minimum absolute atomic E-state index is 0.132. The molecule has 19 heavy (non-hydrogen) atoms. The highest BCUT2D eigenvalue weighted by Crippen LogP contribution is 2.13. The number of halogens is 1. The van der Waals surface area contributed by atoms with E-state index in [0.717, 1.165) is 32.5 Å². The molecule has 0 bridgehead atoms. The quantitative estimate of drug-likeness (QED) is 0.812. The van der Waals surface area contributed by atoms with Crippen LogP contribution in [0.15, 0.2) is 30.3 Å². The van der Waals surface area contributed by atoms with Crippen molar-refractivity contribution < 1.29 is 4.79 Å². The fourth-order valence-corrected chi connectivity index (χ4v) is 2.60. The minimum Gasteiger partial charge on any atom is -0.352 e. The highest BCUT2D eigenvalue weighted by Gasteiger charge is 2.23. The average molecular weight is 281 g/mol. The first-order valence-corrected chi connectivity index (χ1v) is 7.43. The number of hydrogen-bond acceptors (Lipinski definition) is 2. The van der Waals surface area contributed by atoms with Crippen LogP contribution in [0.4, 0.5) is 0 Å². The van der Waals surface area contributed by atoms with Crippen LogP contribution in [-0.2, 0) is 11.3 Å². The zero-order valence-corrected chi connectivity index (χ0v) is 11.9. The van der Waals surface area contributed by atoms with Crippen LogP contribution in [0, 0.1) is 0 Å². The van der Waals surface area contributed by atoms with E-state index in [2.05, 4.69) is 34.5 Å². The molecule has 1 aliphatic heterocycles. The molecule has 1 unspecified atom stereocenters. The summed E-state index contributed by atoms with van der Waals surface area (Å²) in [5.74, 6) is 0.685. The minimum atomic E-state index is 0.132. The van der Waals surface area contributed by atoms with E-state index in [1.807, 2.05) is 6.07 Å². The number of rotatable bonds is 6. The first-order chi connectivity index (χ1) is 9.28. The molecule has 0 spiro atoms. The molecule has 1 aromatic carbocycles. The normalized spacial score (nSPS) is 19.5. The van der Waals surface area contributed by atoms with Crippen LogP contribution in [0.2, 0.25) is 0 Å². The number of likely N-dealkylation sites (tertiary alicyclic amines) is 1. The Morgan fingerprint density at radius 2 is 2.16 bits per heavy atom. The lowest BCUT2D eigenvalue weighted by Crippen LogP contribution is -2.36. The fraction of sp³-hybridized carbons (Fsp3) is 0.533. The molecule has 0 saturated carbocycles. The average Bonchev–Trinajstić information content (AvgIpc) is 2.85. The van der Waals surface area contributed by atoms with Gasteiger partial charge in [-0.15, -0.1) is 11.6 Å². The SMILES string of the molecule is O=C(CCCCl)NC1CCN(Cc2ccccc2)C1. The van der Waals surface area contributed by atoms with Crippen molar-refractivity contribution in [3.05, 3.63) is 35.9 Å². The van der Waals surface area contributed by atoms with E-state index < -0.39 is 0 Å². The zero-order chi connectivity index (χ0) is 13.5. The van der Waals surface area contributed by atoms with Gasteiger partial charge in [0.1, 0.15) is 0 Å². The second-order valence-corrected chi connectivity index (χ2v) is 5.44. The van der Waals surface area contributed by atoms with Gasteiger partial charge in [-0.2, -0.15) is 0 Å². The van der Waals surface area contributed by atoms with E-state index in [1.165, 1.54) is 5.56 Å². The molecule has 1 saturated heterocycles. The summed E-state index contributed by atoms with van der Waals surface area (Å²) in [6.45, 7) is 2.96. The summed E-state index contributed by atoms with van der Waals surface area (Å²) in [6, 6.07) is 10.8. The maximum Gasteiger partial charge on any atom is 0.220 e. The lowest BCUT2D eigenvalue weighted by atomic mass is 10.2. The van der Waals surface area contributed by atoms with Crippen molar-refractivity contribution in [2.75, 3.05) is 19.0 Å². The van der Waals surface area contributed by atoms with E-state index in [9.17, 15) is 4.79 Å². The molecule has 1 atom stereocenters. The van der Waals surface area contributed by atoms with Crippen molar-refractivity contribution in [2.24, 2.45) is 0 Å². The standard InChI is InChI=1S/C15H21ClN2O/c16-9-4-7-15(19)17-14-8-10-18(12-14)11-13-5-2-1-3-6-13/h1-3,5-6,14H,4,7-12H2,(H,17,19). The molecule has 1 heterocycles. The summed E-state index contributed by atoms with van der Waals surface area (Å²) in [7, 11) is 0. The first-order valence-electron chi connectivity index (χ1n) is 6.89. The predicted molar refractivity (Wildman–Crippen MR) is 78.2 cm³/mol. The van der Waals surface area contributed by atoms with E-state index in [1.54, 1.807) is 0 Å². The second-order valence-electron chi connectivity index (χ2n) is 5.07. The summed E-state index contributed by atoms with van der Waals surface area (Å²) >= 11 is 5.59. The third-order valence-electron chi connectivity index (χ3n) is 3.42. The van der Waals surface area contributed by atoms with Gasteiger partial charge in [-0.05, 0) is 18.4 Å². The molecule has 104 valence electrons. The highest BCUT2D eigenvalue weighted by molar-refractivity contribution is 6.17. The van der Waals surface area contributed by atoms with Gasteiger partial charge in [-0.3, -0.25) is 9.69 Å². The Hall–Kier alpha value is -1.06. The van der Waals surface area contributed by atoms with Gasteiger partial charge < -0.3 is 5.32 Å². The van der Waals surface area contributed by atoms with Gasteiger partial charge in [0.05, 0.1) is 0 Å². The van der Waals surface area contributed by atoms with E-state index in [-0.39, 0.29) is 5.91 Å². The van der Waals surface area contributed by atoms with Crippen molar-refractivity contribution in [3.63, 3.8) is 0 Å². The lowest BCUT2D eigenvalue weighted by Gasteiger charge is -2.16. The summed E-state index contributed by atoms with van der Waals surface area (Å²) in [5.41, 5.74) is 1.33. The molecular weight excluding hydrogens is 260 g/mol. The molecule has 1 fully saturated rings. The largest absolute Gasteiger partial charge is 0.352 e. The number of alkyl halides is 1. The molecular formula is C15H21ClN2O. The Balaban J connectivity index is 1.72. The monoisotopic (exact) mass is 280 g/mol. The Labute approximate surface area is 119 Å². The van der Waals surface area contributed by atoms with Crippen molar-refractivity contribution in [3.8, 4) is 0 Å². The molecule has 1 amide bonds. The van der Waals surface area contributed by atoms with E-state index in [4.69, 9.17) is 11.6 Å². The van der Waals surface area contributed by atoms with Crippen LogP contribution >= 0.6 is 11.6 Å². The van der Waals surface area contributed by atoms with Crippen molar-refractivity contribution >= 4 is 17.5 Å². The molecule has 4 heteroatoms. The Kier molecular flexibility index (Phi) is 5.67. The van der Waals surface area contributed by atoms with Gasteiger partial charge in [0, 0.05) is 38.0 Å². The smallest absolute Gasteiger partial charge is 0.220 e. The summed E-state index contributed by atoms with van der Waals surface area (Å²) in [6.07, 6.45) is 2.34. The molecule has 0 radical (unpaired) electrons. The Morgan fingerprint density at radius 3 is 2.89 bits per heavy atom. The molecule has 2 rings (SSSR count). The number of benzene rings is 1. The molecule has 1 aliphatic rings. The van der Waals surface area contributed by atoms with Crippen molar-refractivity contribution in [1.82, 2.24) is 10.2 Å². The second kappa shape index (κ2) is 7.51. The predicted octanol–water partition coefficient (Wildman–Crippen LogP) is 2.40. The Morgan fingerprint density at radius 1 is 1.37 bits per heavy atom. The van der Waals surface area contributed by atoms with Gasteiger partial charge in [-0.1, -0.05) is 30.3 Å². The van der Waals surface area contributed by atoms with Gasteiger partial charge in [0.15, 0.2) is 0 Å². The number of hydrogen-bond donors (Lipinski definition) is 1. The highest BCUT2D eigenvalue weighted by atomic mass is 35.5. The number of nitrogens with zero attached hydrogens (tertiary/aromatic N) is 1. The first kappa shape index (κ1) is 14.4. The third-order valence-corrected chi connectivity index (χ3v) is 3.69. The van der Waals surface area contributed by atoms with Crippen LogP contribution < -0.4 is 5.32 Å². The molecule has 0 aliphatic carbocycles. The van der Waals surface area contributed by atoms with Crippen LogP contribution in [0.5, 0.6) is 0 Å². The zero-order valence-electron chi connectivity index (χ0n) is 11.1. The van der Waals surface area contributed by atoms with Gasteiger partial charge >= 0.3 is 0 Å². The van der Waals surface area contributed by atoms with Crippen molar-refractivity contribution in [2.45, 2.75) is 31.8 Å². The third kappa shape index (κ3) is 4.84. The van der Waals surface area contributed by atoms with Crippen LogP contribution in [0.25, 0.3) is 0 Å². The summed E-state index contributed by atoms with van der Waals surface area (Å²) in [5, 5.41) is 3.09. The number of carbonyl (C=O) groups is 1. The van der Waals surface area contributed by atoms with Gasteiger partial charge in [-0.25, -0.2) is 0 Å². The van der Waals surface area contributed by atoms with Crippen LogP contribution in [-0.4, -0.2) is 35.8 Å². The number of nitrogens with one attached hydrogen (secondary N) is 1. The van der Waals surface area contributed by atoms with Crippen molar-refractivity contribution in [1.29, 1.82) is 0 Å². The fourth-order valence-electron chi connectivity index (χ4n) is 2.46. The van der Waals surface area contributed by atoms with Crippen LogP contribution in [0.3, 0.4) is 0 Å². The van der Waals surface area contributed by atoms with E-state index in [0.29, 0.717) is 18.3 Å². The number of carbonyl (C=O) groups excluding carboxylic acids is 1. The molecule has 3 nitrogen and oxygen atoms in total. The maximum atomic E-state index is 11.6. The molecule has 1 N–H and O–H groups in total. The summed E-state index contributed by atoms with van der Waals surface area (Å²) in [4.78, 5) is 14.0. The molecule has 1 aromatic rings. The van der Waals surface area contributed by atoms with Crippen LogP contribution in [0.1, 0.15) is 24.8 Å². The topological polar surface area (TPSA) is 32.3 Å². The Bertz CT molecular complexity index is 396. The number of amides is 1. The van der Waals surface area contributed by atoms with E-state index >= 15 is 0 Å². The maximum absolute atomic E-state index is 11.6. The molecule has 0 aromatic heterocycles. The van der Waals surface area contributed by atoms with Gasteiger partial charge in [0.2, 0.25) is 5.91 Å². The van der Waals surface area contributed by atoms with Gasteiger partial charge in [0.25, 0.3) is 0 Å². The lowest BCUT2D eigenvalue weighted by molar-refractivity contribution is -0.121.